The summed E-state index contributed by atoms with van der Waals surface area (Å²) in [5, 5.41) is 9.38. The molecule has 2 aromatic heterocycles. The Morgan fingerprint density at radius 2 is 1.96 bits per heavy atom. The minimum atomic E-state index is -0.218. The predicted molar refractivity (Wildman–Crippen MR) is 109 cm³/mol. The molecule has 4 aromatic rings. The lowest BCUT2D eigenvalue weighted by Crippen LogP contribution is -2.15. The van der Waals surface area contributed by atoms with Crippen molar-refractivity contribution in [3.63, 3.8) is 0 Å². The highest BCUT2D eigenvalue weighted by Crippen LogP contribution is 2.30. The number of anilines is 1. The Morgan fingerprint density at radius 1 is 1.15 bits per heavy atom. The van der Waals surface area contributed by atoms with Crippen LogP contribution >= 0.6 is 35.0 Å². The molecule has 0 radical (unpaired) electrons. The lowest BCUT2D eigenvalue weighted by atomic mass is 10.2. The molecule has 1 amide bonds. The molecule has 4 rings (SSSR count). The molecule has 9 heteroatoms. The number of amides is 1. The molecule has 0 saturated heterocycles. The molecule has 0 spiro atoms. The maximum absolute atomic E-state index is 12.3. The summed E-state index contributed by atoms with van der Waals surface area (Å²) >= 11 is 13.4. The molecule has 0 bridgehead atoms. The Hall–Kier alpha value is -2.35. The Labute approximate surface area is 168 Å². The van der Waals surface area contributed by atoms with Gasteiger partial charge in [0.15, 0.2) is 10.8 Å². The first-order valence-corrected chi connectivity index (χ1v) is 9.76. The van der Waals surface area contributed by atoms with Gasteiger partial charge in [-0.2, -0.15) is 4.52 Å². The van der Waals surface area contributed by atoms with Crippen LogP contribution in [-0.4, -0.2) is 31.2 Å². The van der Waals surface area contributed by atoms with E-state index in [1.54, 1.807) is 22.7 Å². The fourth-order valence-corrected chi connectivity index (χ4v) is 3.74. The van der Waals surface area contributed by atoms with Crippen molar-refractivity contribution in [1.82, 2.24) is 19.6 Å². The first-order valence-electron chi connectivity index (χ1n) is 8.02. The molecule has 0 fully saturated rings. The molecule has 0 saturated carbocycles. The van der Waals surface area contributed by atoms with E-state index in [1.807, 2.05) is 31.2 Å². The summed E-state index contributed by atoms with van der Waals surface area (Å²) in [6, 6.07) is 12.8. The Kier molecular flexibility index (Phi) is 4.90. The van der Waals surface area contributed by atoms with Gasteiger partial charge in [0.25, 0.3) is 0 Å². The second kappa shape index (κ2) is 7.34. The summed E-state index contributed by atoms with van der Waals surface area (Å²) < 4.78 is 1.67. The van der Waals surface area contributed by atoms with Gasteiger partial charge in [0.05, 0.1) is 27.0 Å². The number of hydrogen-bond acceptors (Lipinski definition) is 5. The number of thioether (sulfide) groups is 1. The van der Waals surface area contributed by atoms with E-state index in [9.17, 15) is 4.79 Å². The molecule has 0 aliphatic carbocycles. The van der Waals surface area contributed by atoms with Crippen molar-refractivity contribution >= 4 is 63.1 Å². The maximum atomic E-state index is 12.3. The van der Waals surface area contributed by atoms with Crippen LogP contribution in [0.2, 0.25) is 10.0 Å². The van der Waals surface area contributed by atoms with Crippen LogP contribution in [0.15, 0.2) is 47.6 Å². The quantitative estimate of drug-likeness (QED) is 0.387. The first kappa shape index (κ1) is 18.0. The van der Waals surface area contributed by atoms with E-state index >= 15 is 0 Å². The zero-order chi connectivity index (χ0) is 19.0. The Bertz CT molecular complexity index is 1180. The number of nitrogens with zero attached hydrogens (tertiary/aromatic N) is 4. The third kappa shape index (κ3) is 3.58. The van der Waals surface area contributed by atoms with Gasteiger partial charge in [-0.25, -0.2) is 9.97 Å². The van der Waals surface area contributed by atoms with Crippen molar-refractivity contribution in [3.05, 3.63) is 58.3 Å². The number of benzene rings is 2. The minimum absolute atomic E-state index is 0.141. The van der Waals surface area contributed by atoms with Crippen molar-refractivity contribution in [2.24, 2.45) is 0 Å². The van der Waals surface area contributed by atoms with Crippen LogP contribution in [0, 0.1) is 6.92 Å². The van der Waals surface area contributed by atoms with Gasteiger partial charge < -0.3 is 5.32 Å². The van der Waals surface area contributed by atoms with Crippen LogP contribution in [0.25, 0.3) is 16.6 Å². The zero-order valence-electron chi connectivity index (χ0n) is 14.1. The van der Waals surface area contributed by atoms with E-state index in [0.717, 1.165) is 16.6 Å². The first-order chi connectivity index (χ1) is 13.0. The smallest absolute Gasteiger partial charge is 0.234 e. The van der Waals surface area contributed by atoms with Crippen molar-refractivity contribution in [2.75, 3.05) is 11.1 Å². The molecular weight excluding hydrogens is 405 g/mol. The van der Waals surface area contributed by atoms with Gasteiger partial charge in [-0.3, -0.25) is 4.79 Å². The van der Waals surface area contributed by atoms with Crippen LogP contribution in [0.3, 0.4) is 0 Å². The SMILES string of the molecule is Cc1nc2c3ccccc3nc(SCC(=O)Nc3cccc(Cl)c3Cl)n2n1. The summed E-state index contributed by atoms with van der Waals surface area (Å²) in [5.41, 5.74) is 2.00. The number of fused-ring (bicyclic) bond motifs is 3. The summed E-state index contributed by atoms with van der Waals surface area (Å²) in [4.78, 5) is 21.5. The molecule has 6 nitrogen and oxygen atoms in total. The van der Waals surface area contributed by atoms with E-state index in [1.165, 1.54) is 11.8 Å². The molecular formula is C18H13Cl2N5OS. The summed E-state index contributed by atoms with van der Waals surface area (Å²) in [5.74, 6) is 0.566. The fraction of sp³-hybridized carbons (Fsp3) is 0.111. The highest BCUT2D eigenvalue weighted by Gasteiger charge is 2.14. The van der Waals surface area contributed by atoms with Crippen LogP contribution in [0.4, 0.5) is 5.69 Å². The van der Waals surface area contributed by atoms with Gasteiger partial charge in [0, 0.05) is 5.39 Å². The van der Waals surface area contributed by atoms with Crippen LogP contribution in [0.1, 0.15) is 5.82 Å². The average molecular weight is 418 g/mol. The highest BCUT2D eigenvalue weighted by molar-refractivity contribution is 7.99. The van der Waals surface area contributed by atoms with E-state index in [2.05, 4.69) is 20.4 Å². The van der Waals surface area contributed by atoms with Gasteiger partial charge in [0.1, 0.15) is 5.82 Å². The summed E-state index contributed by atoms with van der Waals surface area (Å²) in [7, 11) is 0. The number of carbonyl (C=O) groups is 1. The number of aryl methyl sites for hydroxylation is 1. The highest BCUT2D eigenvalue weighted by atomic mass is 35.5. The van der Waals surface area contributed by atoms with E-state index in [-0.39, 0.29) is 11.7 Å². The molecule has 0 unspecified atom stereocenters. The van der Waals surface area contributed by atoms with Crippen LogP contribution in [0.5, 0.6) is 0 Å². The monoisotopic (exact) mass is 417 g/mol. The van der Waals surface area contributed by atoms with E-state index < -0.39 is 0 Å². The number of hydrogen-bond donors (Lipinski definition) is 1. The molecule has 136 valence electrons. The second-order valence-electron chi connectivity index (χ2n) is 5.74. The molecule has 2 heterocycles. The third-order valence-electron chi connectivity index (χ3n) is 3.81. The Morgan fingerprint density at radius 3 is 2.81 bits per heavy atom. The van der Waals surface area contributed by atoms with Gasteiger partial charge in [-0.15, -0.1) is 5.10 Å². The van der Waals surface area contributed by atoms with Crippen molar-refractivity contribution < 1.29 is 4.79 Å². The summed E-state index contributed by atoms with van der Waals surface area (Å²) in [6.45, 7) is 1.82. The second-order valence-corrected chi connectivity index (χ2v) is 7.47. The molecule has 2 aromatic carbocycles. The lowest BCUT2D eigenvalue weighted by Gasteiger charge is -2.09. The topological polar surface area (TPSA) is 72.2 Å². The van der Waals surface area contributed by atoms with Crippen LogP contribution in [-0.2, 0) is 4.79 Å². The van der Waals surface area contributed by atoms with Crippen molar-refractivity contribution in [1.29, 1.82) is 0 Å². The average Bonchev–Trinajstić information content (AvgIpc) is 3.05. The van der Waals surface area contributed by atoms with Gasteiger partial charge in [-0.05, 0) is 31.2 Å². The van der Waals surface area contributed by atoms with Gasteiger partial charge in [0.2, 0.25) is 5.91 Å². The maximum Gasteiger partial charge on any atom is 0.234 e. The molecule has 0 atom stereocenters. The van der Waals surface area contributed by atoms with E-state index in [0.29, 0.717) is 26.7 Å². The number of carbonyl (C=O) groups excluding carboxylic acids is 1. The van der Waals surface area contributed by atoms with E-state index in [4.69, 9.17) is 23.2 Å². The number of nitrogens with one attached hydrogen (secondary N) is 1. The van der Waals surface area contributed by atoms with Crippen molar-refractivity contribution in [2.45, 2.75) is 12.1 Å². The normalized spacial score (nSPS) is 11.2. The number of rotatable bonds is 4. The fourth-order valence-electron chi connectivity index (χ4n) is 2.64. The zero-order valence-corrected chi connectivity index (χ0v) is 16.4. The molecule has 0 aliphatic rings. The third-order valence-corrected chi connectivity index (χ3v) is 5.56. The van der Waals surface area contributed by atoms with Gasteiger partial charge >= 0.3 is 0 Å². The minimum Gasteiger partial charge on any atom is -0.324 e. The number of aromatic nitrogens is 4. The standard InChI is InChI=1S/C18H13Cl2N5OS/c1-10-21-17-11-5-2-3-7-13(11)23-18(25(17)24-10)27-9-15(26)22-14-8-4-6-12(19)16(14)20/h2-8H,9H2,1H3,(H,22,26). The van der Waals surface area contributed by atoms with Gasteiger partial charge in [-0.1, -0.05) is 53.2 Å². The van der Waals surface area contributed by atoms with Crippen LogP contribution < -0.4 is 5.32 Å². The number of halogens is 2. The van der Waals surface area contributed by atoms with Crippen molar-refractivity contribution in [3.8, 4) is 0 Å². The lowest BCUT2D eigenvalue weighted by molar-refractivity contribution is -0.113. The predicted octanol–water partition coefficient (Wildman–Crippen LogP) is 4.62. The molecule has 0 aliphatic heterocycles. The molecule has 1 N–H and O–H groups in total. The number of para-hydroxylation sites is 1. The largest absolute Gasteiger partial charge is 0.324 e. The Balaban J connectivity index is 1.59. The molecule has 27 heavy (non-hydrogen) atoms. The summed E-state index contributed by atoms with van der Waals surface area (Å²) in [6.07, 6.45) is 0.